The summed E-state index contributed by atoms with van der Waals surface area (Å²) in [5.41, 5.74) is 4.52. The smallest absolute Gasteiger partial charge is 0.294 e. The van der Waals surface area contributed by atoms with Gasteiger partial charge in [-0.15, -0.1) is 0 Å². The Morgan fingerprint density at radius 1 is 1.50 bits per heavy atom. The molecule has 1 unspecified atom stereocenters. The molecule has 0 aromatic heterocycles. The average molecular weight is 222 g/mol. The van der Waals surface area contributed by atoms with E-state index in [1.54, 1.807) is 25.1 Å². The third kappa shape index (κ3) is 1.76. The fraction of sp³-hybridized carbons (Fsp3) is 0.273. The molecule has 0 bridgehead atoms. The van der Waals surface area contributed by atoms with Gasteiger partial charge in [0.25, 0.3) is 11.9 Å². The Hall–Kier alpha value is -1.91. The summed E-state index contributed by atoms with van der Waals surface area (Å²) in [6.07, 6.45) is 0.114. The Balaban J connectivity index is 2.23. The molecule has 1 atom stereocenters. The first-order valence-electron chi connectivity index (χ1n) is 4.82. The van der Waals surface area contributed by atoms with Gasteiger partial charge in [0.2, 0.25) is 0 Å². The molecule has 0 spiro atoms. The Labute approximate surface area is 91.9 Å². The molecule has 1 aliphatic rings. The van der Waals surface area contributed by atoms with E-state index >= 15 is 0 Å². The van der Waals surface area contributed by atoms with Crippen molar-refractivity contribution < 1.29 is 13.9 Å². The minimum absolute atomic E-state index is 0.114. The van der Waals surface area contributed by atoms with Crippen molar-refractivity contribution in [2.75, 3.05) is 0 Å². The standard InChI is InChI=1S/C11H11FN2O2/c1-11(9(15)14-10(13)16-11)6-7-4-2-3-5-8(7)12/h2-5H,6H2,1H3,(H2,13,14,15). The third-order valence-corrected chi connectivity index (χ3v) is 2.48. The molecular weight excluding hydrogens is 211 g/mol. The first kappa shape index (κ1) is 10.6. The number of carbonyl (C=O) groups is 1. The monoisotopic (exact) mass is 222 g/mol. The molecule has 0 saturated carbocycles. The molecule has 16 heavy (non-hydrogen) atoms. The minimum atomic E-state index is -1.19. The lowest BCUT2D eigenvalue weighted by atomic mass is 9.95. The molecule has 1 aliphatic heterocycles. The van der Waals surface area contributed by atoms with Crippen LogP contribution in [0.1, 0.15) is 12.5 Å². The summed E-state index contributed by atoms with van der Waals surface area (Å²) in [6.45, 7) is 1.55. The average Bonchev–Trinajstić information content (AvgIpc) is 2.45. The zero-order valence-corrected chi connectivity index (χ0v) is 8.74. The minimum Gasteiger partial charge on any atom is -0.448 e. The van der Waals surface area contributed by atoms with Crippen LogP contribution in [0.2, 0.25) is 0 Å². The van der Waals surface area contributed by atoms with Crippen molar-refractivity contribution in [3.63, 3.8) is 0 Å². The molecule has 4 nitrogen and oxygen atoms in total. The van der Waals surface area contributed by atoms with Gasteiger partial charge in [-0.3, -0.25) is 4.79 Å². The third-order valence-electron chi connectivity index (χ3n) is 2.48. The molecule has 1 aromatic carbocycles. The van der Waals surface area contributed by atoms with E-state index in [0.29, 0.717) is 5.56 Å². The number of halogens is 1. The molecule has 5 heteroatoms. The summed E-state index contributed by atoms with van der Waals surface area (Å²) < 4.78 is 18.5. The van der Waals surface area contributed by atoms with Crippen LogP contribution < -0.4 is 5.73 Å². The number of amidine groups is 1. The Morgan fingerprint density at radius 2 is 2.19 bits per heavy atom. The molecule has 1 aromatic rings. The SMILES string of the molecule is CC1(Cc2ccccc2F)OC(N)=NC1=O. The van der Waals surface area contributed by atoms with Crippen molar-refractivity contribution in [2.24, 2.45) is 10.7 Å². The lowest BCUT2D eigenvalue weighted by Gasteiger charge is -2.20. The molecule has 0 aliphatic carbocycles. The van der Waals surface area contributed by atoms with Crippen LogP contribution in [0.25, 0.3) is 0 Å². The second-order valence-corrected chi connectivity index (χ2v) is 3.86. The van der Waals surface area contributed by atoms with E-state index in [0.717, 1.165) is 0 Å². The number of aliphatic imine (C=N–C) groups is 1. The molecule has 0 fully saturated rings. The van der Waals surface area contributed by atoms with Crippen molar-refractivity contribution in [2.45, 2.75) is 18.9 Å². The highest BCUT2D eigenvalue weighted by molar-refractivity contribution is 6.00. The van der Waals surface area contributed by atoms with Crippen LogP contribution in [0.15, 0.2) is 29.3 Å². The normalized spacial score (nSPS) is 24.1. The van der Waals surface area contributed by atoms with Gasteiger partial charge in [0.15, 0.2) is 5.60 Å². The molecule has 84 valence electrons. The van der Waals surface area contributed by atoms with E-state index in [9.17, 15) is 9.18 Å². The first-order chi connectivity index (χ1) is 7.51. The molecule has 0 radical (unpaired) electrons. The van der Waals surface area contributed by atoms with Crippen molar-refractivity contribution in [1.29, 1.82) is 0 Å². The summed E-state index contributed by atoms with van der Waals surface area (Å²) >= 11 is 0. The Bertz CT molecular complexity index is 473. The van der Waals surface area contributed by atoms with Gasteiger partial charge in [-0.25, -0.2) is 4.39 Å². The molecule has 2 N–H and O–H groups in total. The zero-order chi connectivity index (χ0) is 11.8. The number of hydrogen-bond donors (Lipinski definition) is 1. The topological polar surface area (TPSA) is 64.7 Å². The number of nitrogens with zero attached hydrogens (tertiary/aromatic N) is 1. The molecule has 1 heterocycles. The van der Waals surface area contributed by atoms with E-state index < -0.39 is 11.5 Å². The molecular formula is C11H11FN2O2. The van der Waals surface area contributed by atoms with Crippen molar-refractivity contribution in [3.05, 3.63) is 35.6 Å². The fourth-order valence-corrected chi connectivity index (χ4v) is 1.63. The summed E-state index contributed by atoms with van der Waals surface area (Å²) in [4.78, 5) is 15.0. The van der Waals surface area contributed by atoms with E-state index in [-0.39, 0.29) is 18.3 Å². The lowest BCUT2D eigenvalue weighted by Crippen LogP contribution is -2.37. The maximum Gasteiger partial charge on any atom is 0.294 e. The largest absolute Gasteiger partial charge is 0.448 e. The van der Waals surface area contributed by atoms with E-state index in [2.05, 4.69) is 4.99 Å². The summed E-state index contributed by atoms with van der Waals surface area (Å²) in [5.74, 6) is -0.848. The highest BCUT2D eigenvalue weighted by Crippen LogP contribution is 2.24. The summed E-state index contributed by atoms with van der Waals surface area (Å²) in [5, 5.41) is 0. The van der Waals surface area contributed by atoms with Gasteiger partial charge in [-0.1, -0.05) is 18.2 Å². The van der Waals surface area contributed by atoms with Crippen molar-refractivity contribution in [1.82, 2.24) is 0 Å². The number of amides is 1. The summed E-state index contributed by atoms with van der Waals surface area (Å²) in [7, 11) is 0. The van der Waals surface area contributed by atoms with Gasteiger partial charge in [-0.05, 0) is 18.6 Å². The van der Waals surface area contributed by atoms with E-state index in [1.807, 2.05) is 0 Å². The van der Waals surface area contributed by atoms with Crippen LogP contribution in [0.5, 0.6) is 0 Å². The number of rotatable bonds is 2. The molecule has 0 saturated heterocycles. The van der Waals surface area contributed by atoms with E-state index in [4.69, 9.17) is 10.5 Å². The Morgan fingerprint density at radius 3 is 2.75 bits per heavy atom. The van der Waals surface area contributed by atoms with Crippen LogP contribution in [0, 0.1) is 5.82 Å². The second kappa shape index (κ2) is 3.59. The van der Waals surface area contributed by atoms with Crippen LogP contribution >= 0.6 is 0 Å². The highest BCUT2D eigenvalue weighted by Gasteiger charge is 2.41. The number of hydrogen-bond acceptors (Lipinski definition) is 3. The first-order valence-corrected chi connectivity index (χ1v) is 4.82. The van der Waals surface area contributed by atoms with Crippen LogP contribution in [0.3, 0.4) is 0 Å². The maximum atomic E-state index is 13.4. The number of nitrogens with two attached hydrogens (primary N) is 1. The quantitative estimate of drug-likeness (QED) is 0.811. The lowest BCUT2D eigenvalue weighted by molar-refractivity contribution is -0.129. The maximum absolute atomic E-state index is 13.4. The van der Waals surface area contributed by atoms with Gasteiger partial charge in [0.05, 0.1) is 0 Å². The molecule has 2 rings (SSSR count). The van der Waals surface area contributed by atoms with Gasteiger partial charge in [0.1, 0.15) is 5.82 Å². The van der Waals surface area contributed by atoms with Crippen LogP contribution in [-0.2, 0) is 16.0 Å². The predicted octanol–water partition coefficient (Wildman–Crippen LogP) is 0.998. The van der Waals surface area contributed by atoms with Crippen molar-refractivity contribution >= 4 is 11.9 Å². The number of ether oxygens (including phenoxy) is 1. The number of carbonyl (C=O) groups excluding carboxylic acids is 1. The van der Waals surface area contributed by atoms with Crippen molar-refractivity contribution in [3.8, 4) is 0 Å². The fourth-order valence-electron chi connectivity index (χ4n) is 1.63. The van der Waals surface area contributed by atoms with Crippen LogP contribution in [0.4, 0.5) is 4.39 Å². The van der Waals surface area contributed by atoms with Gasteiger partial charge in [0, 0.05) is 6.42 Å². The van der Waals surface area contributed by atoms with Gasteiger partial charge in [-0.2, -0.15) is 4.99 Å². The summed E-state index contributed by atoms with van der Waals surface area (Å²) in [6, 6.07) is 6.06. The van der Waals surface area contributed by atoms with E-state index in [1.165, 1.54) is 6.07 Å². The second-order valence-electron chi connectivity index (χ2n) is 3.86. The Kier molecular flexibility index (Phi) is 2.38. The van der Waals surface area contributed by atoms with Crippen LogP contribution in [-0.4, -0.2) is 17.5 Å². The van der Waals surface area contributed by atoms with Gasteiger partial charge < -0.3 is 10.5 Å². The predicted molar refractivity (Wildman–Crippen MR) is 56.2 cm³/mol. The number of benzene rings is 1. The van der Waals surface area contributed by atoms with Gasteiger partial charge >= 0.3 is 0 Å². The zero-order valence-electron chi connectivity index (χ0n) is 8.74. The highest BCUT2D eigenvalue weighted by atomic mass is 19.1. The molecule has 1 amide bonds.